The van der Waals surface area contributed by atoms with Gasteiger partial charge in [-0.25, -0.2) is 0 Å². The average molecular weight is 420 g/mol. The molecule has 7 rings (SSSR count). The van der Waals surface area contributed by atoms with Crippen LogP contribution in [0.25, 0.3) is 60.2 Å². The smallest absolute Gasteiger partial charge is 0.0541 e. The molecule has 0 aliphatic rings. The lowest BCUT2D eigenvalue weighted by Crippen LogP contribution is -1.94. The van der Waals surface area contributed by atoms with Crippen LogP contribution < -0.4 is 0 Å². The molecule has 0 unspecified atom stereocenters. The van der Waals surface area contributed by atoms with Crippen LogP contribution in [0.15, 0.2) is 127 Å². The van der Waals surface area contributed by atoms with Gasteiger partial charge < -0.3 is 4.57 Å². The third-order valence-corrected chi connectivity index (χ3v) is 6.76. The lowest BCUT2D eigenvalue weighted by atomic mass is 9.97. The summed E-state index contributed by atoms with van der Waals surface area (Å²) >= 11 is 0. The Balaban J connectivity index is 1.46. The summed E-state index contributed by atoms with van der Waals surface area (Å²) in [4.78, 5) is 0. The van der Waals surface area contributed by atoms with Gasteiger partial charge in [-0.15, -0.1) is 0 Å². The number of para-hydroxylation sites is 2. The highest BCUT2D eigenvalue weighted by atomic mass is 15.0. The van der Waals surface area contributed by atoms with E-state index in [1.165, 1.54) is 60.2 Å². The van der Waals surface area contributed by atoms with E-state index in [4.69, 9.17) is 0 Å². The fraction of sp³-hybridized carbons (Fsp3) is 0. The molecule has 0 saturated carbocycles. The Morgan fingerprint density at radius 1 is 0.364 bits per heavy atom. The van der Waals surface area contributed by atoms with Gasteiger partial charge in [0.05, 0.1) is 11.0 Å². The Bertz CT molecular complexity index is 1770. The van der Waals surface area contributed by atoms with Crippen molar-refractivity contribution in [2.24, 2.45) is 0 Å². The normalized spacial score (nSPS) is 11.6. The highest BCUT2D eigenvalue weighted by Crippen LogP contribution is 2.34. The zero-order valence-corrected chi connectivity index (χ0v) is 18.1. The molecule has 154 valence electrons. The van der Waals surface area contributed by atoms with Gasteiger partial charge in [-0.3, -0.25) is 0 Å². The minimum Gasteiger partial charge on any atom is -0.309 e. The van der Waals surface area contributed by atoms with E-state index in [1.807, 2.05) is 0 Å². The largest absolute Gasteiger partial charge is 0.309 e. The van der Waals surface area contributed by atoms with Crippen molar-refractivity contribution in [1.29, 1.82) is 0 Å². The SMILES string of the molecule is c1cc(-c2ccc3ccc4ccccc4c3c2)cc(-n2c3ccccc3c3ccccc32)c1. The number of aromatic nitrogens is 1. The molecule has 1 heteroatoms. The van der Waals surface area contributed by atoms with Gasteiger partial charge in [0.1, 0.15) is 0 Å². The van der Waals surface area contributed by atoms with Gasteiger partial charge in [0.15, 0.2) is 0 Å². The molecule has 7 aromatic rings. The second-order valence-electron chi connectivity index (χ2n) is 8.64. The van der Waals surface area contributed by atoms with Crippen LogP contribution in [0, 0.1) is 0 Å². The van der Waals surface area contributed by atoms with Gasteiger partial charge in [0, 0.05) is 16.5 Å². The molecular formula is C32H21N. The molecule has 0 fully saturated rings. The van der Waals surface area contributed by atoms with E-state index in [2.05, 4.69) is 132 Å². The molecule has 0 N–H and O–H groups in total. The Morgan fingerprint density at radius 2 is 0.939 bits per heavy atom. The fourth-order valence-corrected chi connectivity index (χ4v) is 5.21. The average Bonchev–Trinajstić information content (AvgIpc) is 3.23. The molecule has 33 heavy (non-hydrogen) atoms. The Hall–Kier alpha value is -4.36. The maximum Gasteiger partial charge on any atom is 0.0541 e. The molecule has 0 aliphatic heterocycles. The minimum absolute atomic E-state index is 1.18. The third kappa shape index (κ3) is 2.79. The number of benzene rings is 6. The fourth-order valence-electron chi connectivity index (χ4n) is 5.21. The van der Waals surface area contributed by atoms with Crippen molar-refractivity contribution in [2.75, 3.05) is 0 Å². The second kappa shape index (κ2) is 7.08. The van der Waals surface area contributed by atoms with Crippen LogP contribution in [0.5, 0.6) is 0 Å². The van der Waals surface area contributed by atoms with Crippen molar-refractivity contribution in [3.05, 3.63) is 127 Å². The molecule has 0 radical (unpaired) electrons. The zero-order valence-electron chi connectivity index (χ0n) is 18.1. The number of hydrogen-bond acceptors (Lipinski definition) is 0. The molecule has 0 atom stereocenters. The maximum absolute atomic E-state index is 2.38. The molecule has 0 spiro atoms. The van der Waals surface area contributed by atoms with Crippen LogP contribution in [0.3, 0.4) is 0 Å². The highest BCUT2D eigenvalue weighted by Gasteiger charge is 2.12. The first-order chi connectivity index (χ1) is 16.4. The summed E-state index contributed by atoms with van der Waals surface area (Å²) in [7, 11) is 0. The highest BCUT2D eigenvalue weighted by molar-refractivity contribution is 6.10. The summed E-state index contributed by atoms with van der Waals surface area (Å²) in [6.45, 7) is 0. The van der Waals surface area contributed by atoms with E-state index in [1.54, 1.807) is 0 Å². The molecule has 1 nitrogen and oxygen atoms in total. The lowest BCUT2D eigenvalue weighted by Gasteiger charge is -2.11. The van der Waals surface area contributed by atoms with E-state index < -0.39 is 0 Å². The van der Waals surface area contributed by atoms with Crippen molar-refractivity contribution in [3.63, 3.8) is 0 Å². The van der Waals surface area contributed by atoms with Crippen molar-refractivity contribution in [2.45, 2.75) is 0 Å². The van der Waals surface area contributed by atoms with Crippen LogP contribution in [0.4, 0.5) is 0 Å². The molecule has 0 saturated heterocycles. The summed E-state index contributed by atoms with van der Waals surface area (Å²) in [5.41, 5.74) is 6.12. The Labute approximate surface area is 192 Å². The lowest BCUT2D eigenvalue weighted by molar-refractivity contribution is 1.18. The summed E-state index contributed by atoms with van der Waals surface area (Å²) < 4.78 is 2.38. The summed E-state index contributed by atoms with van der Waals surface area (Å²) in [6, 6.07) is 46.1. The van der Waals surface area contributed by atoms with Gasteiger partial charge >= 0.3 is 0 Å². The van der Waals surface area contributed by atoms with Crippen molar-refractivity contribution in [3.8, 4) is 16.8 Å². The molecule has 6 aromatic carbocycles. The van der Waals surface area contributed by atoms with Gasteiger partial charge in [-0.05, 0) is 63.0 Å². The predicted molar refractivity (Wildman–Crippen MR) is 141 cm³/mol. The Kier molecular flexibility index (Phi) is 3.91. The van der Waals surface area contributed by atoms with Gasteiger partial charge in [0.2, 0.25) is 0 Å². The first-order valence-electron chi connectivity index (χ1n) is 11.4. The molecule has 0 aliphatic carbocycles. The second-order valence-corrected chi connectivity index (χ2v) is 8.64. The molecule has 0 amide bonds. The molecule has 0 bridgehead atoms. The standard InChI is InChI=1S/C32H21N/c1-2-11-27-22(8-1)16-17-23-18-19-25(21-30(23)27)24-9-7-10-26(20-24)33-31-14-5-3-12-28(31)29-13-4-6-15-32(29)33/h1-21H. The Morgan fingerprint density at radius 3 is 1.70 bits per heavy atom. The number of nitrogens with zero attached hydrogens (tertiary/aromatic N) is 1. The summed E-state index contributed by atoms with van der Waals surface area (Å²) in [5.74, 6) is 0. The summed E-state index contributed by atoms with van der Waals surface area (Å²) in [6.07, 6.45) is 0. The maximum atomic E-state index is 2.38. The van der Waals surface area contributed by atoms with Crippen molar-refractivity contribution >= 4 is 43.4 Å². The quantitative estimate of drug-likeness (QED) is 0.247. The van der Waals surface area contributed by atoms with E-state index in [-0.39, 0.29) is 0 Å². The number of rotatable bonds is 2. The van der Waals surface area contributed by atoms with Gasteiger partial charge in [-0.2, -0.15) is 0 Å². The number of hydrogen-bond donors (Lipinski definition) is 0. The van der Waals surface area contributed by atoms with Crippen LogP contribution in [-0.2, 0) is 0 Å². The van der Waals surface area contributed by atoms with E-state index in [9.17, 15) is 0 Å². The van der Waals surface area contributed by atoms with Gasteiger partial charge in [-0.1, -0.05) is 97.1 Å². The molecule has 1 heterocycles. The van der Waals surface area contributed by atoms with Gasteiger partial charge in [0.25, 0.3) is 0 Å². The van der Waals surface area contributed by atoms with Crippen LogP contribution in [0.2, 0.25) is 0 Å². The topological polar surface area (TPSA) is 4.93 Å². The monoisotopic (exact) mass is 419 g/mol. The first-order valence-corrected chi connectivity index (χ1v) is 11.4. The first kappa shape index (κ1) is 18.2. The zero-order chi connectivity index (χ0) is 21.8. The van der Waals surface area contributed by atoms with Crippen molar-refractivity contribution in [1.82, 2.24) is 4.57 Å². The van der Waals surface area contributed by atoms with E-state index >= 15 is 0 Å². The van der Waals surface area contributed by atoms with Crippen LogP contribution >= 0.6 is 0 Å². The van der Waals surface area contributed by atoms with Crippen LogP contribution in [-0.4, -0.2) is 4.57 Å². The van der Waals surface area contributed by atoms with Crippen molar-refractivity contribution < 1.29 is 0 Å². The van der Waals surface area contributed by atoms with E-state index in [0.29, 0.717) is 0 Å². The van der Waals surface area contributed by atoms with Crippen LogP contribution in [0.1, 0.15) is 0 Å². The summed E-state index contributed by atoms with van der Waals surface area (Å²) in [5, 5.41) is 7.73. The molecule has 1 aromatic heterocycles. The third-order valence-electron chi connectivity index (χ3n) is 6.76. The van der Waals surface area contributed by atoms with E-state index in [0.717, 1.165) is 0 Å². The minimum atomic E-state index is 1.18. The molecular weight excluding hydrogens is 398 g/mol. The predicted octanol–water partition coefficient (Wildman–Crippen LogP) is 8.76. The number of fused-ring (bicyclic) bond motifs is 6.